The molecule has 154 valence electrons. The second-order valence-electron chi connectivity index (χ2n) is 8.67. The summed E-state index contributed by atoms with van der Waals surface area (Å²) in [5.41, 5.74) is 3.83. The molecular formula is C24H25N3O3. The number of fused-ring (bicyclic) bond motifs is 2. The van der Waals surface area contributed by atoms with Crippen molar-refractivity contribution < 1.29 is 14.2 Å². The third-order valence-corrected chi connectivity index (χ3v) is 6.71. The first-order valence-electron chi connectivity index (χ1n) is 10.5. The van der Waals surface area contributed by atoms with Crippen LogP contribution in [0.5, 0.6) is 17.2 Å². The smallest absolute Gasteiger partial charge is 0.231 e. The maximum Gasteiger partial charge on any atom is 0.231 e. The molecule has 6 nitrogen and oxygen atoms in total. The zero-order valence-corrected chi connectivity index (χ0v) is 17.1. The fourth-order valence-corrected chi connectivity index (χ4v) is 5.26. The minimum Gasteiger partial charge on any atom is -0.496 e. The van der Waals surface area contributed by atoms with Gasteiger partial charge in [0.25, 0.3) is 0 Å². The number of likely N-dealkylation sites (tertiary alicyclic amines) is 1. The van der Waals surface area contributed by atoms with E-state index in [0.717, 1.165) is 61.1 Å². The fourth-order valence-electron chi connectivity index (χ4n) is 5.26. The molecule has 6 rings (SSSR count). The van der Waals surface area contributed by atoms with E-state index in [1.807, 2.05) is 24.4 Å². The van der Waals surface area contributed by atoms with Crippen LogP contribution in [-0.2, 0) is 19.5 Å². The number of imidazole rings is 1. The first-order valence-corrected chi connectivity index (χ1v) is 10.5. The van der Waals surface area contributed by atoms with Gasteiger partial charge < -0.3 is 18.8 Å². The number of rotatable bonds is 4. The van der Waals surface area contributed by atoms with Crippen LogP contribution in [0.2, 0.25) is 0 Å². The number of methoxy groups -OCH3 is 1. The largest absolute Gasteiger partial charge is 0.496 e. The van der Waals surface area contributed by atoms with Gasteiger partial charge >= 0.3 is 0 Å². The van der Waals surface area contributed by atoms with E-state index in [1.165, 1.54) is 17.8 Å². The molecule has 0 saturated carbocycles. The van der Waals surface area contributed by atoms with Crippen LogP contribution in [0.3, 0.4) is 0 Å². The highest BCUT2D eigenvalue weighted by Crippen LogP contribution is 2.44. The summed E-state index contributed by atoms with van der Waals surface area (Å²) in [5.74, 6) is 3.81. The third kappa shape index (κ3) is 2.86. The predicted octanol–water partition coefficient (Wildman–Crippen LogP) is 3.74. The summed E-state index contributed by atoms with van der Waals surface area (Å²) in [6.45, 7) is 4.50. The van der Waals surface area contributed by atoms with E-state index in [-0.39, 0.29) is 5.41 Å². The standard InChI is InChI=1S/C24H25N3O3/c1-28-20-5-3-2-4-18(20)19-12-25-23-11-24(15-27(19)23)8-9-26(14-24)13-17-6-7-21-22(10-17)30-16-29-21/h2-7,10,12H,8-9,11,13-16H2,1H3/t24-/m1/s1. The molecule has 3 aromatic rings. The van der Waals surface area contributed by atoms with Gasteiger partial charge in [0, 0.05) is 37.0 Å². The lowest BCUT2D eigenvalue weighted by Crippen LogP contribution is -2.28. The first-order chi connectivity index (χ1) is 14.7. The van der Waals surface area contributed by atoms with E-state index < -0.39 is 0 Å². The second-order valence-corrected chi connectivity index (χ2v) is 8.67. The summed E-state index contributed by atoms with van der Waals surface area (Å²) in [6, 6.07) is 14.5. The van der Waals surface area contributed by atoms with Crippen molar-refractivity contribution in [1.29, 1.82) is 0 Å². The van der Waals surface area contributed by atoms with E-state index in [0.29, 0.717) is 6.79 Å². The number of nitrogens with zero attached hydrogens (tertiary/aromatic N) is 3. The predicted molar refractivity (Wildman–Crippen MR) is 113 cm³/mol. The molecule has 1 saturated heterocycles. The monoisotopic (exact) mass is 403 g/mol. The van der Waals surface area contributed by atoms with Gasteiger partial charge in [0.2, 0.25) is 6.79 Å². The highest BCUT2D eigenvalue weighted by molar-refractivity contribution is 5.67. The van der Waals surface area contributed by atoms with Crippen LogP contribution >= 0.6 is 0 Å². The maximum absolute atomic E-state index is 5.59. The molecule has 30 heavy (non-hydrogen) atoms. The molecule has 0 bridgehead atoms. The van der Waals surface area contributed by atoms with E-state index in [9.17, 15) is 0 Å². The van der Waals surface area contributed by atoms with Crippen LogP contribution in [-0.4, -0.2) is 41.4 Å². The third-order valence-electron chi connectivity index (χ3n) is 6.71. The summed E-state index contributed by atoms with van der Waals surface area (Å²) >= 11 is 0. The Balaban J connectivity index is 1.20. The molecule has 0 radical (unpaired) electrons. The van der Waals surface area contributed by atoms with Gasteiger partial charge in [-0.25, -0.2) is 4.98 Å². The number of aromatic nitrogens is 2. The average Bonchev–Trinajstić information content (AvgIpc) is 3.53. The molecule has 2 aromatic carbocycles. The van der Waals surface area contributed by atoms with Gasteiger partial charge in [-0.15, -0.1) is 0 Å². The van der Waals surface area contributed by atoms with E-state index in [1.54, 1.807) is 7.11 Å². The van der Waals surface area contributed by atoms with Gasteiger partial charge in [-0.1, -0.05) is 18.2 Å². The molecule has 6 heteroatoms. The van der Waals surface area contributed by atoms with Crippen molar-refractivity contribution in [3.05, 3.63) is 60.0 Å². The fraction of sp³-hybridized carbons (Fsp3) is 0.375. The van der Waals surface area contributed by atoms with E-state index in [2.05, 4.69) is 33.7 Å². The minimum absolute atomic E-state index is 0.275. The quantitative estimate of drug-likeness (QED) is 0.664. The molecule has 3 aliphatic rings. The topological polar surface area (TPSA) is 48.8 Å². The van der Waals surface area contributed by atoms with Crippen molar-refractivity contribution in [2.45, 2.75) is 25.9 Å². The first kappa shape index (κ1) is 17.8. The van der Waals surface area contributed by atoms with Crippen LogP contribution in [0.1, 0.15) is 17.8 Å². The Morgan fingerprint density at radius 3 is 2.93 bits per heavy atom. The van der Waals surface area contributed by atoms with Crippen LogP contribution in [0.4, 0.5) is 0 Å². The Morgan fingerprint density at radius 2 is 2.00 bits per heavy atom. The Bertz CT molecular complexity index is 1110. The van der Waals surface area contributed by atoms with Crippen LogP contribution in [0.25, 0.3) is 11.3 Å². The Morgan fingerprint density at radius 1 is 1.10 bits per heavy atom. The highest BCUT2D eigenvalue weighted by Gasteiger charge is 2.44. The Labute approximate surface area is 176 Å². The van der Waals surface area contributed by atoms with Crippen LogP contribution < -0.4 is 14.2 Å². The summed E-state index contributed by atoms with van der Waals surface area (Å²) in [6.07, 6.45) is 4.24. The normalized spacial score (nSPS) is 22.0. The molecular weight excluding hydrogens is 378 g/mol. The van der Waals surface area contributed by atoms with Crippen molar-refractivity contribution in [2.24, 2.45) is 5.41 Å². The number of para-hydroxylation sites is 1. The van der Waals surface area contributed by atoms with Crippen LogP contribution in [0.15, 0.2) is 48.7 Å². The van der Waals surface area contributed by atoms with Crippen molar-refractivity contribution in [3.8, 4) is 28.5 Å². The van der Waals surface area contributed by atoms with Crippen molar-refractivity contribution >= 4 is 0 Å². The lowest BCUT2D eigenvalue weighted by atomic mass is 9.86. The Hall–Kier alpha value is -2.99. The number of hydrogen-bond acceptors (Lipinski definition) is 5. The van der Waals surface area contributed by atoms with Crippen molar-refractivity contribution in [2.75, 3.05) is 27.0 Å². The molecule has 0 aliphatic carbocycles. The molecule has 3 aliphatic heterocycles. The zero-order valence-electron chi connectivity index (χ0n) is 17.1. The van der Waals surface area contributed by atoms with Gasteiger partial charge in [-0.05, 0) is 42.8 Å². The number of benzene rings is 2. The van der Waals surface area contributed by atoms with Gasteiger partial charge in [0.1, 0.15) is 11.6 Å². The zero-order chi connectivity index (χ0) is 20.1. The molecule has 1 aromatic heterocycles. The molecule has 0 amide bonds. The van der Waals surface area contributed by atoms with Crippen molar-refractivity contribution in [3.63, 3.8) is 0 Å². The minimum atomic E-state index is 0.275. The number of hydrogen-bond donors (Lipinski definition) is 0. The Kier molecular flexibility index (Phi) is 4.03. The summed E-state index contributed by atoms with van der Waals surface area (Å²) in [5, 5.41) is 0. The number of ether oxygens (including phenoxy) is 3. The molecule has 0 N–H and O–H groups in total. The van der Waals surface area contributed by atoms with E-state index in [4.69, 9.17) is 19.2 Å². The summed E-state index contributed by atoms with van der Waals surface area (Å²) < 4.78 is 19.0. The van der Waals surface area contributed by atoms with Gasteiger partial charge in [-0.2, -0.15) is 0 Å². The molecule has 0 unspecified atom stereocenters. The summed E-state index contributed by atoms with van der Waals surface area (Å²) in [7, 11) is 1.73. The lowest BCUT2D eigenvalue weighted by Gasteiger charge is -2.24. The molecule has 1 atom stereocenters. The van der Waals surface area contributed by atoms with Gasteiger partial charge in [0.05, 0.1) is 19.0 Å². The SMILES string of the molecule is COc1ccccc1-c1cnc2n1C[C@]1(CCN(Cc3ccc4c(c3)OCO4)C1)C2. The van der Waals surface area contributed by atoms with Crippen molar-refractivity contribution in [1.82, 2.24) is 14.5 Å². The highest BCUT2D eigenvalue weighted by atomic mass is 16.7. The summed E-state index contributed by atoms with van der Waals surface area (Å²) in [4.78, 5) is 7.34. The molecule has 1 spiro atoms. The molecule has 4 heterocycles. The lowest BCUT2D eigenvalue weighted by molar-refractivity contribution is 0.174. The maximum atomic E-state index is 5.59. The van der Waals surface area contributed by atoms with Crippen LogP contribution in [0, 0.1) is 5.41 Å². The van der Waals surface area contributed by atoms with E-state index >= 15 is 0 Å². The second kappa shape index (κ2) is 6.77. The van der Waals surface area contributed by atoms with Gasteiger partial charge in [-0.3, -0.25) is 4.90 Å². The average molecular weight is 403 g/mol. The van der Waals surface area contributed by atoms with Gasteiger partial charge in [0.15, 0.2) is 11.5 Å². The molecule has 1 fully saturated rings.